The molecular formula is C32H33N3O4. The summed E-state index contributed by atoms with van der Waals surface area (Å²) in [5.41, 5.74) is 5.31. The highest BCUT2D eigenvalue weighted by Crippen LogP contribution is 2.26. The molecule has 1 heterocycles. The first kappa shape index (κ1) is 27.5. The minimum absolute atomic E-state index is 0.0946. The lowest BCUT2D eigenvalue weighted by molar-refractivity contribution is -0.139. The van der Waals surface area contributed by atoms with E-state index in [0.717, 1.165) is 22.3 Å². The van der Waals surface area contributed by atoms with Crippen LogP contribution in [-0.2, 0) is 16.6 Å². The topological polar surface area (TPSA) is 101 Å². The van der Waals surface area contributed by atoms with E-state index in [1.165, 1.54) is 5.56 Å². The molecule has 0 aliphatic rings. The summed E-state index contributed by atoms with van der Waals surface area (Å²) in [5, 5.41) is 12.3. The van der Waals surface area contributed by atoms with E-state index in [1.54, 1.807) is 36.7 Å². The third-order valence-electron chi connectivity index (χ3n) is 6.42. The number of carboxylic acids is 1. The number of hydrogen-bond donors (Lipinski definition) is 2. The Morgan fingerprint density at radius 2 is 1.44 bits per heavy atom. The molecule has 39 heavy (non-hydrogen) atoms. The minimum atomic E-state index is -1.10. The van der Waals surface area contributed by atoms with Gasteiger partial charge in [-0.05, 0) is 53.3 Å². The van der Waals surface area contributed by atoms with Crippen LogP contribution >= 0.6 is 0 Å². The van der Waals surface area contributed by atoms with Crippen LogP contribution in [0.4, 0.5) is 0 Å². The van der Waals surface area contributed by atoms with Crippen LogP contribution in [0, 0.1) is 0 Å². The SMILES string of the molecule is CCOc1ccc(C(=O)NC(Cc2ccc(-c3ncc(-c4ccc(C(C)(C)C)cc4)cn3)cc2)C(=O)O)cc1. The second-order valence-electron chi connectivity index (χ2n) is 10.3. The van der Waals surface area contributed by atoms with Gasteiger partial charge in [-0.2, -0.15) is 0 Å². The maximum Gasteiger partial charge on any atom is 0.326 e. The monoisotopic (exact) mass is 523 g/mol. The Morgan fingerprint density at radius 3 is 1.97 bits per heavy atom. The van der Waals surface area contributed by atoms with Crippen molar-refractivity contribution in [2.75, 3.05) is 6.61 Å². The van der Waals surface area contributed by atoms with Gasteiger partial charge >= 0.3 is 5.97 Å². The van der Waals surface area contributed by atoms with Crippen LogP contribution in [0.1, 0.15) is 49.2 Å². The smallest absolute Gasteiger partial charge is 0.326 e. The molecule has 0 aliphatic heterocycles. The average Bonchev–Trinajstić information content (AvgIpc) is 2.93. The zero-order valence-corrected chi connectivity index (χ0v) is 22.6. The van der Waals surface area contributed by atoms with Crippen molar-refractivity contribution in [3.05, 3.63) is 102 Å². The Hall–Kier alpha value is -4.52. The number of ether oxygens (including phenoxy) is 1. The molecule has 4 aromatic rings. The van der Waals surface area contributed by atoms with Gasteiger partial charge in [-0.3, -0.25) is 4.79 Å². The van der Waals surface area contributed by atoms with E-state index >= 15 is 0 Å². The Bertz CT molecular complexity index is 1410. The Morgan fingerprint density at radius 1 is 0.846 bits per heavy atom. The fourth-order valence-electron chi connectivity index (χ4n) is 4.13. The predicted octanol–water partition coefficient (Wildman–Crippen LogP) is 5.93. The van der Waals surface area contributed by atoms with Crippen LogP contribution in [0.2, 0.25) is 0 Å². The molecule has 0 saturated heterocycles. The van der Waals surface area contributed by atoms with Gasteiger partial charge in [0.1, 0.15) is 11.8 Å². The lowest BCUT2D eigenvalue weighted by Gasteiger charge is -2.19. The summed E-state index contributed by atoms with van der Waals surface area (Å²) in [5.74, 6) is -0.330. The van der Waals surface area contributed by atoms with Gasteiger partial charge in [0.25, 0.3) is 5.91 Å². The van der Waals surface area contributed by atoms with Crippen LogP contribution in [0.25, 0.3) is 22.5 Å². The summed E-state index contributed by atoms with van der Waals surface area (Å²) in [6.45, 7) is 8.96. The van der Waals surface area contributed by atoms with E-state index in [0.29, 0.717) is 23.7 Å². The first-order valence-electron chi connectivity index (χ1n) is 12.9. The molecule has 0 bridgehead atoms. The van der Waals surface area contributed by atoms with Crippen LogP contribution in [-0.4, -0.2) is 39.6 Å². The molecule has 200 valence electrons. The largest absolute Gasteiger partial charge is 0.494 e. The molecular weight excluding hydrogens is 490 g/mol. The van der Waals surface area contributed by atoms with Gasteiger partial charge in [0.15, 0.2) is 5.82 Å². The Labute approximate surface area is 228 Å². The van der Waals surface area contributed by atoms with Crippen LogP contribution < -0.4 is 10.1 Å². The van der Waals surface area contributed by atoms with E-state index in [2.05, 4.69) is 60.3 Å². The van der Waals surface area contributed by atoms with Crippen molar-refractivity contribution in [1.82, 2.24) is 15.3 Å². The second-order valence-corrected chi connectivity index (χ2v) is 10.3. The molecule has 0 spiro atoms. The number of carbonyl (C=O) groups excluding carboxylic acids is 1. The molecule has 1 aromatic heterocycles. The molecule has 0 aliphatic carbocycles. The molecule has 1 amide bonds. The molecule has 0 fully saturated rings. The molecule has 0 radical (unpaired) electrons. The number of benzene rings is 3. The van der Waals surface area contributed by atoms with E-state index in [-0.39, 0.29) is 11.8 Å². The van der Waals surface area contributed by atoms with Crippen molar-refractivity contribution in [3.63, 3.8) is 0 Å². The van der Waals surface area contributed by atoms with Gasteiger partial charge in [0.2, 0.25) is 0 Å². The number of carbonyl (C=O) groups is 2. The van der Waals surface area contributed by atoms with Crippen LogP contribution in [0.5, 0.6) is 5.75 Å². The normalized spacial score (nSPS) is 12.0. The van der Waals surface area contributed by atoms with Gasteiger partial charge < -0.3 is 15.2 Å². The minimum Gasteiger partial charge on any atom is -0.494 e. The third kappa shape index (κ3) is 7.08. The summed E-state index contributed by atoms with van der Waals surface area (Å²) >= 11 is 0. The second kappa shape index (κ2) is 11.9. The Balaban J connectivity index is 1.40. The summed E-state index contributed by atoms with van der Waals surface area (Å²) in [4.78, 5) is 33.5. The molecule has 7 heteroatoms. The number of aliphatic carboxylic acids is 1. The molecule has 4 rings (SSSR count). The number of aromatic nitrogens is 2. The van der Waals surface area contributed by atoms with Crippen molar-refractivity contribution in [1.29, 1.82) is 0 Å². The molecule has 7 nitrogen and oxygen atoms in total. The van der Waals surface area contributed by atoms with E-state index < -0.39 is 17.9 Å². The first-order chi connectivity index (χ1) is 18.6. The standard InChI is InChI=1S/C32H33N3O4/c1-5-39-27-16-12-24(13-17-27)30(36)35-28(31(37)38)18-21-6-8-23(9-7-21)29-33-19-25(20-34-29)22-10-14-26(15-11-22)32(2,3)4/h6-17,19-20,28H,5,18H2,1-4H3,(H,35,36)(H,37,38). The highest BCUT2D eigenvalue weighted by Gasteiger charge is 2.21. The van der Waals surface area contributed by atoms with Gasteiger partial charge in [0.05, 0.1) is 6.61 Å². The quantitative estimate of drug-likeness (QED) is 0.282. The lowest BCUT2D eigenvalue weighted by atomic mass is 9.86. The van der Waals surface area contributed by atoms with E-state index in [4.69, 9.17) is 4.74 Å². The zero-order chi connectivity index (χ0) is 28.0. The molecule has 1 atom stereocenters. The third-order valence-corrected chi connectivity index (χ3v) is 6.42. The summed E-state index contributed by atoms with van der Waals surface area (Å²) < 4.78 is 5.39. The van der Waals surface area contributed by atoms with E-state index in [9.17, 15) is 14.7 Å². The summed E-state index contributed by atoms with van der Waals surface area (Å²) in [6.07, 6.45) is 3.75. The van der Waals surface area contributed by atoms with Gasteiger partial charge in [-0.15, -0.1) is 0 Å². The zero-order valence-electron chi connectivity index (χ0n) is 22.6. The fourth-order valence-corrected chi connectivity index (χ4v) is 4.13. The average molecular weight is 524 g/mol. The number of rotatable bonds is 9. The number of carboxylic acid groups (broad SMARTS) is 1. The van der Waals surface area contributed by atoms with Crippen molar-refractivity contribution in [2.24, 2.45) is 0 Å². The highest BCUT2D eigenvalue weighted by atomic mass is 16.5. The van der Waals surface area contributed by atoms with E-state index in [1.807, 2.05) is 31.2 Å². The van der Waals surface area contributed by atoms with Crippen LogP contribution in [0.15, 0.2) is 85.2 Å². The predicted molar refractivity (Wildman–Crippen MR) is 152 cm³/mol. The number of hydrogen-bond acceptors (Lipinski definition) is 5. The van der Waals surface area contributed by atoms with Crippen molar-refractivity contribution in [3.8, 4) is 28.3 Å². The summed E-state index contributed by atoms with van der Waals surface area (Å²) in [7, 11) is 0. The summed E-state index contributed by atoms with van der Waals surface area (Å²) in [6, 6.07) is 21.3. The highest BCUT2D eigenvalue weighted by molar-refractivity contribution is 5.96. The molecule has 1 unspecified atom stereocenters. The molecule has 3 aromatic carbocycles. The Kier molecular flexibility index (Phi) is 8.39. The lowest BCUT2D eigenvalue weighted by Crippen LogP contribution is -2.42. The molecule has 0 saturated carbocycles. The molecule has 2 N–H and O–H groups in total. The first-order valence-corrected chi connectivity index (χ1v) is 12.9. The number of nitrogens with one attached hydrogen (secondary N) is 1. The van der Waals surface area contributed by atoms with Crippen molar-refractivity contribution in [2.45, 2.75) is 45.6 Å². The maximum atomic E-state index is 12.6. The maximum absolute atomic E-state index is 12.6. The number of amides is 1. The fraction of sp³-hybridized carbons (Fsp3) is 0.250. The van der Waals surface area contributed by atoms with Gasteiger partial charge in [-0.25, -0.2) is 14.8 Å². The van der Waals surface area contributed by atoms with Crippen molar-refractivity contribution >= 4 is 11.9 Å². The van der Waals surface area contributed by atoms with Crippen molar-refractivity contribution < 1.29 is 19.4 Å². The number of nitrogens with zero attached hydrogens (tertiary/aromatic N) is 2. The van der Waals surface area contributed by atoms with Gasteiger partial charge in [0, 0.05) is 35.5 Å². The van der Waals surface area contributed by atoms with Crippen LogP contribution in [0.3, 0.4) is 0 Å². The van der Waals surface area contributed by atoms with Gasteiger partial charge in [-0.1, -0.05) is 69.3 Å².